The van der Waals surface area contributed by atoms with Crippen molar-refractivity contribution in [3.63, 3.8) is 0 Å². The number of methoxy groups -OCH3 is 1. The fourth-order valence-corrected chi connectivity index (χ4v) is 2.61. The minimum absolute atomic E-state index is 0.276. The molecule has 5 nitrogen and oxygen atoms in total. The lowest BCUT2D eigenvalue weighted by atomic mass is 10.2. The molecular formula is C18H20NO4P. The summed E-state index contributed by atoms with van der Waals surface area (Å²) in [5.41, 5.74) is 1.18. The first kappa shape index (κ1) is 17.8. The normalized spacial score (nSPS) is 11.7. The van der Waals surface area contributed by atoms with Crippen molar-refractivity contribution >= 4 is 19.0 Å². The van der Waals surface area contributed by atoms with Gasteiger partial charge in [-0.2, -0.15) is 0 Å². The Hall–Kier alpha value is -2.52. The van der Waals surface area contributed by atoms with Crippen molar-refractivity contribution in [1.82, 2.24) is 5.32 Å². The van der Waals surface area contributed by atoms with Gasteiger partial charge in [0.05, 0.1) is 7.11 Å². The summed E-state index contributed by atoms with van der Waals surface area (Å²) in [6, 6.07) is 15.9. The standard InChI is InChI=1S/C18H20NO4P/c1-22-16-11-7-10-15(12-16)17(23-24(2,3)21)13-19-18(20)14-8-5-4-6-9-14/h4-13H,1-3H3,(H,19,20). The van der Waals surface area contributed by atoms with Crippen LogP contribution in [0.25, 0.3) is 5.76 Å². The van der Waals surface area contributed by atoms with Gasteiger partial charge in [0.25, 0.3) is 5.91 Å². The lowest BCUT2D eigenvalue weighted by Crippen LogP contribution is -2.17. The summed E-state index contributed by atoms with van der Waals surface area (Å²) in [7, 11) is -1.24. The van der Waals surface area contributed by atoms with E-state index in [1.54, 1.807) is 55.6 Å². The number of nitrogens with one attached hydrogen (secondary N) is 1. The van der Waals surface area contributed by atoms with E-state index in [1.807, 2.05) is 6.07 Å². The van der Waals surface area contributed by atoms with E-state index in [2.05, 4.69) is 5.32 Å². The van der Waals surface area contributed by atoms with Crippen LogP contribution in [0.1, 0.15) is 15.9 Å². The Morgan fingerprint density at radius 3 is 2.33 bits per heavy atom. The van der Waals surface area contributed by atoms with Gasteiger partial charge < -0.3 is 14.6 Å². The van der Waals surface area contributed by atoms with Gasteiger partial charge in [0.15, 0.2) is 0 Å². The monoisotopic (exact) mass is 345 g/mol. The van der Waals surface area contributed by atoms with E-state index in [0.717, 1.165) is 0 Å². The zero-order chi connectivity index (χ0) is 17.6. The number of carbonyl (C=O) groups excluding carboxylic acids is 1. The van der Waals surface area contributed by atoms with Gasteiger partial charge in [0.1, 0.15) is 11.5 Å². The van der Waals surface area contributed by atoms with Crippen molar-refractivity contribution in [1.29, 1.82) is 0 Å². The molecule has 0 unspecified atom stereocenters. The van der Waals surface area contributed by atoms with Crippen molar-refractivity contribution < 1.29 is 18.6 Å². The summed E-state index contributed by atoms with van der Waals surface area (Å²) in [5.74, 6) is 0.673. The van der Waals surface area contributed by atoms with E-state index >= 15 is 0 Å². The van der Waals surface area contributed by atoms with Crippen LogP contribution in [0.2, 0.25) is 0 Å². The van der Waals surface area contributed by atoms with E-state index in [0.29, 0.717) is 22.6 Å². The quantitative estimate of drug-likeness (QED) is 0.635. The molecule has 0 bridgehead atoms. The van der Waals surface area contributed by atoms with Crippen molar-refractivity contribution in [2.75, 3.05) is 20.4 Å². The highest BCUT2D eigenvalue weighted by molar-refractivity contribution is 7.57. The second-order valence-electron chi connectivity index (χ2n) is 5.42. The van der Waals surface area contributed by atoms with Crippen LogP contribution in [0.3, 0.4) is 0 Å². The van der Waals surface area contributed by atoms with Crippen LogP contribution in [0, 0.1) is 0 Å². The largest absolute Gasteiger partial charge is 0.497 e. The van der Waals surface area contributed by atoms with Gasteiger partial charge >= 0.3 is 0 Å². The molecule has 0 aromatic heterocycles. The maximum Gasteiger partial charge on any atom is 0.255 e. The highest BCUT2D eigenvalue weighted by atomic mass is 31.2. The average Bonchev–Trinajstić information content (AvgIpc) is 2.58. The molecule has 126 valence electrons. The number of hydrogen-bond acceptors (Lipinski definition) is 4. The Labute approximate surface area is 141 Å². The Kier molecular flexibility index (Phi) is 5.83. The van der Waals surface area contributed by atoms with Crippen LogP contribution < -0.4 is 10.1 Å². The Bertz CT molecular complexity index is 781. The van der Waals surface area contributed by atoms with Crippen LogP contribution in [0.15, 0.2) is 60.8 Å². The summed E-state index contributed by atoms with van der Waals surface area (Å²) in [6.45, 7) is 3.03. The third-order valence-electron chi connectivity index (χ3n) is 3.04. The van der Waals surface area contributed by atoms with Gasteiger partial charge in [-0.1, -0.05) is 30.3 Å². The minimum atomic E-state index is -2.80. The molecule has 1 amide bonds. The Morgan fingerprint density at radius 1 is 1.04 bits per heavy atom. The summed E-state index contributed by atoms with van der Waals surface area (Å²) in [5, 5.41) is 2.67. The molecule has 0 fully saturated rings. The van der Waals surface area contributed by atoms with Crippen molar-refractivity contribution in [3.8, 4) is 5.75 Å². The highest BCUT2D eigenvalue weighted by Gasteiger charge is 2.14. The first-order valence-corrected chi connectivity index (χ1v) is 9.86. The van der Waals surface area contributed by atoms with Gasteiger partial charge in [-0.05, 0) is 24.3 Å². The zero-order valence-electron chi connectivity index (χ0n) is 13.9. The molecule has 0 heterocycles. The van der Waals surface area contributed by atoms with Gasteiger partial charge in [-0.25, -0.2) is 0 Å². The topological polar surface area (TPSA) is 64.6 Å². The zero-order valence-corrected chi connectivity index (χ0v) is 14.7. The number of benzene rings is 2. The molecule has 6 heteroatoms. The number of hydrogen-bond donors (Lipinski definition) is 1. The predicted molar refractivity (Wildman–Crippen MR) is 95.4 cm³/mol. The fraction of sp³-hybridized carbons (Fsp3) is 0.167. The summed E-state index contributed by atoms with van der Waals surface area (Å²) in [4.78, 5) is 12.2. The number of rotatable bonds is 6. The second kappa shape index (κ2) is 7.84. The van der Waals surface area contributed by atoms with Crippen LogP contribution in [0.4, 0.5) is 0 Å². The molecule has 0 saturated heterocycles. The molecule has 2 aromatic rings. The third-order valence-corrected chi connectivity index (χ3v) is 3.68. The van der Waals surface area contributed by atoms with E-state index in [4.69, 9.17) is 9.26 Å². The van der Waals surface area contributed by atoms with Crippen molar-refractivity contribution in [2.45, 2.75) is 0 Å². The maximum absolute atomic E-state index is 12.2. The minimum Gasteiger partial charge on any atom is -0.497 e. The summed E-state index contributed by atoms with van der Waals surface area (Å²) >= 11 is 0. The van der Waals surface area contributed by atoms with E-state index in [-0.39, 0.29) is 5.91 Å². The molecule has 0 aliphatic carbocycles. The molecule has 24 heavy (non-hydrogen) atoms. The maximum atomic E-state index is 12.2. The average molecular weight is 345 g/mol. The van der Waals surface area contributed by atoms with Gasteiger partial charge in [-0.15, -0.1) is 0 Å². The molecule has 2 aromatic carbocycles. The van der Waals surface area contributed by atoms with E-state index in [1.165, 1.54) is 19.5 Å². The molecule has 2 rings (SSSR count). The van der Waals surface area contributed by atoms with Crippen LogP contribution in [0.5, 0.6) is 5.75 Å². The fourth-order valence-electron chi connectivity index (χ4n) is 1.98. The molecule has 0 spiro atoms. The number of ether oxygens (including phenoxy) is 1. The van der Waals surface area contributed by atoms with Crippen LogP contribution in [-0.2, 0) is 9.09 Å². The van der Waals surface area contributed by atoms with Gasteiger partial charge in [0, 0.05) is 30.7 Å². The molecule has 1 N–H and O–H groups in total. The molecule has 0 saturated carbocycles. The Balaban J connectivity index is 2.28. The van der Waals surface area contributed by atoms with Gasteiger partial charge in [-0.3, -0.25) is 9.36 Å². The van der Waals surface area contributed by atoms with E-state index < -0.39 is 7.37 Å². The number of carbonyl (C=O) groups is 1. The van der Waals surface area contributed by atoms with Crippen LogP contribution in [-0.4, -0.2) is 26.3 Å². The molecule has 0 atom stereocenters. The lowest BCUT2D eigenvalue weighted by molar-refractivity contribution is 0.0969. The van der Waals surface area contributed by atoms with Crippen molar-refractivity contribution in [3.05, 3.63) is 71.9 Å². The SMILES string of the molecule is COc1cccc(C(=CNC(=O)c2ccccc2)OP(C)(C)=O)c1. The smallest absolute Gasteiger partial charge is 0.255 e. The van der Waals surface area contributed by atoms with Crippen molar-refractivity contribution in [2.24, 2.45) is 0 Å². The predicted octanol–water partition coefficient (Wildman–Crippen LogP) is 3.98. The molecule has 0 radical (unpaired) electrons. The first-order valence-electron chi connectivity index (χ1n) is 7.34. The summed E-state index contributed by atoms with van der Waals surface area (Å²) < 4.78 is 22.8. The third kappa shape index (κ3) is 5.28. The Morgan fingerprint density at radius 2 is 1.71 bits per heavy atom. The van der Waals surface area contributed by atoms with E-state index in [9.17, 15) is 9.36 Å². The lowest BCUT2D eigenvalue weighted by Gasteiger charge is -2.15. The number of amides is 1. The molecular weight excluding hydrogens is 325 g/mol. The summed E-state index contributed by atoms with van der Waals surface area (Å²) in [6.07, 6.45) is 1.42. The highest BCUT2D eigenvalue weighted by Crippen LogP contribution is 2.43. The first-order chi connectivity index (χ1) is 11.4. The van der Waals surface area contributed by atoms with Gasteiger partial charge in [0.2, 0.25) is 7.37 Å². The molecule has 0 aliphatic rings. The molecule has 0 aliphatic heterocycles. The van der Waals surface area contributed by atoms with Crippen LogP contribution >= 0.6 is 7.37 Å². The second-order valence-corrected chi connectivity index (χ2v) is 8.11.